The van der Waals surface area contributed by atoms with E-state index in [1.54, 1.807) is 12.1 Å². The summed E-state index contributed by atoms with van der Waals surface area (Å²) in [6.45, 7) is 4.47. The van der Waals surface area contributed by atoms with Crippen LogP contribution in [0.3, 0.4) is 0 Å². The third-order valence-electron chi connectivity index (χ3n) is 2.89. The highest BCUT2D eigenvalue weighted by atomic mass is 35.5. The van der Waals surface area contributed by atoms with Gasteiger partial charge in [0.2, 0.25) is 0 Å². The normalized spacial score (nSPS) is 14.6. The number of benzene rings is 1. The number of hydrogen-bond donors (Lipinski definition) is 2. The van der Waals surface area contributed by atoms with Crippen molar-refractivity contribution in [2.75, 3.05) is 18.5 Å². The molecule has 0 saturated carbocycles. The van der Waals surface area contributed by atoms with E-state index in [1.165, 1.54) is 6.07 Å². The number of rotatable bonds is 5. The number of nitrogens with one attached hydrogen (secondary N) is 1. The maximum atomic E-state index is 13.4. The zero-order valence-electron chi connectivity index (χ0n) is 9.56. The van der Waals surface area contributed by atoms with Gasteiger partial charge >= 0.3 is 0 Å². The first kappa shape index (κ1) is 13.3. The largest absolute Gasteiger partial charge is 0.396 e. The van der Waals surface area contributed by atoms with E-state index in [-0.39, 0.29) is 17.8 Å². The van der Waals surface area contributed by atoms with E-state index in [0.717, 1.165) is 6.42 Å². The van der Waals surface area contributed by atoms with Gasteiger partial charge in [0.25, 0.3) is 0 Å². The van der Waals surface area contributed by atoms with Crippen molar-refractivity contribution in [1.82, 2.24) is 0 Å². The lowest BCUT2D eigenvalue weighted by molar-refractivity contribution is 0.149. The van der Waals surface area contributed by atoms with E-state index in [2.05, 4.69) is 5.32 Å². The highest BCUT2D eigenvalue weighted by Crippen LogP contribution is 2.27. The molecule has 2 nitrogen and oxygen atoms in total. The SMILES string of the molecule is CCC(C)(CO)CNc1c(F)cccc1Cl. The molecule has 0 aliphatic rings. The van der Waals surface area contributed by atoms with Crippen molar-refractivity contribution in [3.63, 3.8) is 0 Å². The van der Waals surface area contributed by atoms with Crippen LogP contribution in [0.1, 0.15) is 20.3 Å². The topological polar surface area (TPSA) is 32.3 Å². The first-order chi connectivity index (χ1) is 7.52. The lowest BCUT2D eigenvalue weighted by Crippen LogP contribution is -2.29. The molecule has 0 heterocycles. The average Bonchev–Trinajstić information content (AvgIpc) is 2.28. The summed E-state index contributed by atoms with van der Waals surface area (Å²) in [5, 5.41) is 12.5. The molecule has 0 aliphatic carbocycles. The Morgan fingerprint density at radius 3 is 2.69 bits per heavy atom. The molecule has 0 aromatic heterocycles. The molecular weight excluding hydrogens is 229 g/mol. The van der Waals surface area contributed by atoms with Crippen molar-refractivity contribution in [3.8, 4) is 0 Å². The fraction of sp³-hybridized carbons (Fsp3) is 0.500. The predicted octanol–water partition coefficient (Wildman–Crippen LogP) is 3.30. The van der Waals surface area contributed by atoms with Gasteiger partial charge in [-0.2, -0.15) is 0 Å². The van der Waals surface area contributed by atoms with Crippen molar-refractivity contribution in [2.24, 2.45) is 5.41 Å². The molecule has 0 radical (unpaired) electrons. The minimum atomic E-state index is -0.371. The third kappa shape index (κ3) is 3.09. The predicted molar refractivity (Wildman–Crippen MR) is 65.4 cm³/mol. The van der Waals surface area contributed by atoms with Gasteiger partial charge in [-0.1, -0.05) is 31.5 Å². The molecule has 0 aliphatic heterocycles. The van der Waals surface area contributed by atoms with Crippen molar-refractivity contribution >= 4 is 17.3 Å². The van der Waals surface area contributed by atoms with E-state index in [0.29, 0.717) is 17.3 Å². The zero-order chi connectivity index (χ0) is 12.2. The molecule has 2 N–H and O–H groups in total. The van der Waals surface area contributed by atoms with E-state index in [9.17, 15) is 9.50 Å². The van der Waals surface area contributed by atoms with Crippen molar-refractivity contribution in [1.29, 1.82) is 0 Å². The fourth-order valence-electron chi connectivity index (χ4n) is 1.26. The highest BCUT2D eigenvalue weighted by molar-refractivity contribution is 6.33. The average molecular weight is 246 g/mol. The number of halogens is 2. The van der Waals surface area contributed by atoms with E-state index in [4.69, 9.17) is 11.6 Å². The smallest absolute Gasteiger partial charge is 0.147 e. The summed E-state index contributed by atoms with van der Waals surface area (Å²) in [7, 11) is 0. The fourth-order valence-corrected chi connectivity index (χ4v) is 1.49. The Balaban J connectivity index is 2.75. The van der Waals surface area contributed by atoms with Crippen LogP contribution in [0.15, 0.2) is 18.2 Å². The Morgan fingerprint density at radius 2 is 2.19 bits per heavy atom. The summed E-state index contributed by atoms with van der Waals surface area (Å²) in [6, 6.07) is 4.56. The standard InChI is InChI=1S/C12H17ClFNO/c1-3-12(2,8-16)7-15-11-9(13)5-4-6-10(11)14/h4-6,15-16H,3,7-8H2,1-2H3. The van der Waals surface area contributed by atoms with Gasteiger partial charge in [0, 0.05) is 12.0 Å². The Bertz CT molecular complexity index is 333. The van der Waals surface area contributed by atoms with Gasteiger partial charge in [-0.25, -0.2) is 4.39 Å². The molecule has 0 fully saturated rings. The lowest BCUT2D eigenvalue weighted by atomic mass is 9.88. The summed E-state index contributed by atoms with van der Waals surface area (Å²) in [5.74, 6) is -0.371. The van der Waals surface area contributed by atoms with E-state index in [1.807, 2.05) is 13.8 Å². The number of aliphatic hydroxyl groups is 1. The number of para-hydroxylation sites is 1. The Labute approximate surface area is 100 Å². The second-order valence-corrected chi connectivity index (χ2v) is 4.68. The number of anilines is 1. The first-order valence-electron chi connectivity index (χ1n) is 5.31. The second-order valence-electron chi connectivity index (χ2n) is 4.27. The van der Waals surface area contributed by atoms with Crippen LogP contribution < -0.4 is 5.32 Å². The van der Waals surface area contributed by atoms with Crippen LogP contribution >= 0.6 is 11.6 Å². The molecule has 90 valence electrons. The summed E-state index contributed by atoms with van der Waals surface area (Å²) in [4.78, 5) is 0. The van der Waals surface area contributed by atoms with Gasteiger partial charge in [0.15, 0.2) is 0 Å². The molecule has 1 aromatic rings. The first-order valence-corrected chi connectivity index (χ1v) is 5.69. The highest BCUT2D eigenvalue weighted by Gasteiger charge is 2.21. The van der Waals surface area contributed by atoms with E-state index >= 15 is 0 Å². The van der Waals surface area contributed by atoms with Gasteiger partial charge in [-0.3, -0.25) is 0 Å². The minimum Gasteiger partial charge on any atom is -0.396 e. The zero-order valence-corrected chi connectivity index (χ0v) is 10.3. The van der Waals surface area contributed by atoms with Gasteiger partial charge < -0.3 is 10.4 Å². The van der Waals surface area contributed by atoms with Gasteiger partial charge in [-0.05, 0) is 18.6 Å². The monoisotopic (exact) mass is 245 g/mol. The minimum absolute atomic E-state index is 0.0581. The quantitative estimate of drug-likeness (QED) is 0.834. The van der Waals surface area contributed by atoms with Crippen LogP contribution in [0.5, 0.6) is 0 Å². The molecule has 0 amide bonds. The van der Waals surface area contributed by atoms with Crippen molar-refractivity contribution in [2.45, 2.75) is 20.3 Å². The molecule has 0 spiro atoms. The molecule has 4 heteroatoms. The maximum absolute atomic E-state index is 13.4. The van der Waals surface area contributed by atoms with Crippen LogP contribution in [0.2, 0.25) is 5.02 Å². The summed E-state index contributed by atoms with van der Waals surface area (Å²) in [5.41, 5.74) is 0.0447. The maximum Gasteiger partial charge on any atom is 0.147 e. The number of hydrogen-bond acceptors (Lipinski definition) is 2. The molecule has 1 unspecified atom stereocenters. The van der Waals surface area contributed by atoms with Crippen LogP contribution in [-0.4, -0.2) is 18.3 Å². The van der Waals surface area contributed by atoms with Crippen molar-refractivity contribution < 1.29 is 9.50 Å². The molecule has 1 rings (SSSR count). The van der Waals surface area contributed by atoms with Crippen LogP contribution in [-0.2, 0) is 0 Å². The van der Waals surface area contributed by atoms with Crippen LogP contribution in [0.4, 0.5) is 10.1 Å². The Kier molecular flexibility index (Phi) is 4.56. The van der Waals surface area contributed by atoms with E-state index < -0.39 is 0 Å². The third-order valence-corrected chi connectivity index (χ3v) is 3.20. The van der Waals surface area contributed by atoms with Crippen LogP contribution in [0, 0.1) is 11.2 Å². The molecule has 1 aromatic carbocycles. The Hall–Kier alpha value is -0.800. The van der Waals surface area contributed by atoms with Gasteiger partial charge in [0.05, 0.1) is 17.3 Å². The molecule has 16 heavy (non-hydrogen) atoms. The molecule has 0 bridgehead atoms. The summed E-state index contributed by atoms with van der Waals surface area (Å²) < 4.78 is 13.4. The summed E-state index contributed by atoms with van der Waals surface area (Å²) in [6.07, 6.45) is 0.808. The van der Waals surface area contributed by atoms with Gasteiger partial charge in [0.1, 0.15) is 5.82 Å². The molecular formula is C12H17ClFNO. The second kappa shape index (κ2) is 5.51. The molecule has 1 atom stereocenters. The number of aliphatic hydroxyl groups excluding tert-OH is 1. The van der Waals surface area contributed by atoms with Gasteiger partial charge in [-0.15, -0.1) is 0 Å². The lowest BCUT2D eigenvalue weighted by Gasteiger charge is -2.26. The van der Waals surface area contributed by atoms with Crippen LogP contribution in [0.25, 0.3) is 0 Å². The Morgan fingerprint density at radius 1 is 1.50 bits per heavy atom. The molecule has 0 saturated heterocycles. The van der Waals surface area contributed by atoms with Crippen molar-refractivity contribution in [3.05, 3.63) is 29.0 Å². The summed E-state index contributed by atoms with van der Waals surface area (Å²) >= 11 is 5.88.